The van der Waals surface area contributed by atoms with E-state index in [-0.39, 0.29) is 16.9 Å². The van der Waals surface area contributed by atoms with Gasteiger partial charge in [0.2, 0.25) is 0 Å². The molecule has 0 amide bonds. The van der Waals surface area contributed by atoms with Crippen molar-refractivity contribution in [3.63, 3.8) is 0 Å². The summed E-state index contributed by atoms with van der Waals surface area (Å²) >= 11 is 7.53. The van der Waals surface area contributed by atoms with Crippen LogP contribution in [-0.2, 0) is 15.3 Å². The molecule has 0 spiro atoms. The van der Waals surface area contributed by atoms with E-state index in [9.17, 15) is 14.9 Å². The number of hydrogen-bond donors (Lipinski definition) is 0. The number of hydrogen-bond acceptors (Lipinski definition) is 5. The van der Waals surface area contributed by atoms with E-state index in [2.05, 4.69) is 4.74 Å². The van der Waals surface area contributed by atoms with Crippen LogP contribution < -0.4 is 0 Å². The van der Waals surface area contributed by atoms with E-state index >= 15 is 0 Å². The Balaban J connectivity index is 2.58. The predicted molar refractivity (Wildman–Crippen MR) is 75.5 cm³/mol. The SMILES string of the molecule is COC(=O)CC(C)SCc1ccc([N+](=O)[O-])cc1Cl. The van der Waals surface area contributed by atoms with Crippen molar-refractivity contribution in [3.8, 4) is 0 Å². The normalized spacial score (nSPS) is 11.9. The number of non-ortho nitro benzene ring substituents is 1. The monoisotopic (exact) mass is 303 g/mol. The number of halogens is 1. The first-order valence-corrected chi connectivity index (χ1v) is 6.98. The topological polar surface area (TPSA) is 69.4 Å². The third-order valence-electron chi connectivity index (χ3n) is 2.45. The van der Waals surface area contributed by atoms with Gasteiger partial charge in [-0.2, -0.15) is 11.8 Å². The number of nitro benzene ring substituents is 1. The summed E-state index contributed by atoms with van der Waals surface area (Å²) in [6.07, 6.45) is 0.325. The largest absolute Gasteiger partial charge is 0.469 e. The molecule has 1 unspecified atom stereocenters. The van der Waals surface area contributed by atoms with Crippen molar-refractivity contribution in [2.45, 2.75) is 24.3 Å². The van der Waals surface area contributed by atoms with Crippen LogP contribution in [0.2, 0.25) is 5.02 Å². The van der Waals surface area contributed by atoms with Crippen LogP contribution >= 0.6 is 23.4 Å². The van der Waals surface area contributed by atoms with Gasteiger partial charge in [-0.1, -0.05) is 18.5 Å². The molecule has 0 N–H and O–H groups in total. The lowest BCUT2D eigenvalue weighted by Gasteiger charge is -2.10. The third kappa shape index (κ3) is 5.08. The summed E-state index contributed by atoms with van der Waals surface area (Å²) in [5.74, 6) is 0.337. The van der Waals surface area contributed by atoms with Crippen LogP contribution in [0.15, 0.2) is 18.2 Å². The van der Waals surface area contributed by atoms with Crippen LogP contribution in [0.5, 0.6) is 0 Å². The molecule has 7 heteroatoms. The third-order valence-corrected chi connectivity index (χ3v) is 4.02. The number of nitro groups is 1. The first kappa shape index (κ1) is 15.8. The van der Waals surface area contributed by atoms with E-state index in [0.717, 1.165) is 5.56 Å². The van der Waals surface area contributed by atoms with Crippen LogP contribution in [-0.4, -0.2) is 23.3 Å². The Labute approximate surface area is 120 Å². The Bertz CT molecular complexity index is 481. The highest BCUT2D eigenvalue weighted by Gasteiger charge is 2.13. The summed E-state index contributed by atoms with van der Waals surface area (Å²) in [6.45, 7) is 1.92. The molecule has 0 bridgehead atoms. The van der Waals surface area contributed by atoms with Crippen LogP contribution in [0.4, 0.5) is 5.69 Å². The van der Waals surface area contributed by atoms with Gasteiger partial charge in [0, 0.05) is 23.1 Å². The van der Waals surface area contributed by atoms with Crippen molar-refractivity contribution in [2.75, 3.05) is 7.11 Å². The molecule has 0 fully saturated rings. The van der Waals surface area contributed by atoms with Crippen molar-refractivity contribution in [1.82, 2.24) is 0 Å². The average Bonchev–Trinajstić information content (AvgIpc) is 2.36. The van der Waals surface area contributed by atoms with Gasteiger partial charge in [-0.25, -0.2) is 0 Å². The van der Waals surface area contributed by atoms with Gasteiger partial charge >= 0.3 is 5.97 Å². The maximum Gasteiger partial charge on any atom is 0.306 e. The zero-order valence-electron chi connectivity index (χ0n) is 10.6. The number of nitrogens with zero attached hydrogens (tertiary/aromatic N) is 1. The molecule has 104 valence electrons. The first-order chi connectivity index (χ1) is 8.93. The quantitative estimate of drug-likeness (QED) is 0.457. The minimum atomic E-state index is -0.483. The van der Waals surface area contributed by atoms with Gasteiger partial charge in [0.05, 0.1) is 23.5 Å². The van der Waals surface area contributed by atoms with E-state index < -0.39 is 4.92 Å². The second-order valence-electron chi connectivity index (χ2n) is 3.93. The molecule has 0 aromatic heterocycles. The Hall–Kier alpha value is -1.27. The molecule has 0 heterocycles. The molecule has 0 aliphatic carbocycles. The number of methoxy groups -OCH3 is 1. The average molecular weight is 304 g/mol. The Kier molecular flexibility index (Phi) is 6.11. The summed E-state index contributed by atoms with van der Waals surface area (Å²) in [4.78, 5) is 21.2. The Morgan fingerprint density at radius 1 is 1.58 bits per heavy atom. The zero-order valence-corrected chi connectivity index (χ0v) is 12.2. The van der Waals surface area contributed by atoms with E-state index in [4.69, 9.17) is 11.6 Å². The van der Waals surface area contributed by atoms with Gasteiger partial charge in [0.15, 0.2) is 0 Å². The van der Waals surface area contributed by atoms with Gasteiger partial charge in [-0.05, 0) is 11.6 Å². The molecule has 19 heavy (non-hydrogen) atoms. The molecule has 1 aromatic carbocycles. The van der Waals surface area contributed by atoms with Crippen LogP contribution in [0, 0.1) is 10.1 Å². The van der Waals surface area contributed by atoms with Crippen molar-refractivity contribution in [3.05, 3.63) is 38.9 Å². The molecule has 0 saturated carbocycles. The molecular weight excluding hydrogens is 290 g/mol. The van der Waals surface area contributed by atoms with Crippen molar-refractivity contribution < 1.29 is 14.5 Å². The fourth-order valence-electron chi connectivity index (χ4n) is 1.38. The Morgan fingerprint density at radius 3 is 2.79 bits per heavy atom. The van der Waals surface area contributed by atoms with Crippen molar-refractivity contribution in [1.29, 1.82) is 0 Å². The number of benzene rings is 1. The first-order valence-electron chi connectivity index (χ1n) is 5.55. The summed E-state index contributed by atoms with van der Waals surface area (Å²) in [5.41, 5.74) is 0.787. The summed E-state index contributed by atoms with van der Waals surface area (Å²) in [6, 6.07) is 4.40. The molecule has 0 saturated heterocycles. The van der Waals surface area contributed by atoms with Gasteiger partial charge in [0.1, 0.15) is 0 Å². The maximum atomic E-state index is 11.1. The summed E-state index contributed by atoms with van der Waals surface area (Å²) in [5, 5.41) is 11.0. The van der Waals surface area contributed by atoms with Crippen LogP contribution in [0.25, 0.3) is 0 Å². The van der Waals surface area contributed by atoms with E-state index in [1.165, 1.54) is 19.2 Å². The second-order valence-corrected chi connectivity index (χ2v) is 5.77. The fraction of sp³-hybridized carbons (Fsp3) is 0.417. The van der Waals surface area contributed by atoms with E-state index in [1.807, 2.05) is 6.92 Å². The maximum absolute atomic E-state index is 11.1. The zero-order chi connectivity index (χ0) is 14.4. The molecule has 1 atom stereocenters. The summed E-state index contributed by atoms with van der Waals surface area (Å²) < 4.78 is 4.59. The predicted octanol–water partition coefficient (Wildman–Crippen LogP) is 3.43. The number of carbonyl (C=O) groups is 1. The lowest BCUT2D eigenvalue weighted by Crippen LogP contribution is -2.08. The minimum absolute atomic E-state index is 0.0265. The molecule has 0 aliphatic rings. The lowest BCUT2D eigenvalue weighted by atomic mass is 10.2. The number of rotatable bonds is 6. The van der Waals surface area contributed by atoms with E-state index in [1.54, 1.807) is 17.8 Å². The fourth-order valence-corrected chi connectivity index (χ4v) is 2.67. The molecular formula is C12H14ClNO4S. The molecule has 0 aliphatic heterocycles. The summed E-state index contributed by atoms with van der Waals surface area (Å²) in [7, 11) is 1.35. The van der Waals surface area contributed by atoms with Gasteiger partial charge in [-0.3, -0.25) is 14.9 Å². The number of esters is 1. The second kappa shape index (κ2) is 7.35. The molecule has 5 nitrogen and oxygen atoms in total. The van der Waals surface area contributed by atoms with Crippen molar-refractivity contribution >= 4 is 35.0 Å². The highest BCUT2D eigenvalue weighted by atomic mass is 35.5. The number of carbonyl (C=O) groups excluding carboxylic acids is 1. The van der Waals surface area contributed by atoms with Gasteiger partial charge < -0.3 is 4.74 Å². The highest BCUT2D eigenvalue weighted by molar-refractivity contribution is 7.99. The number of thioether (sulfide) groups is 1. The van der Waals surface area contributed by atoms with Gasteiger partial charge in [0.25, 0.3) is 5.69 Å². The molecule has 1 rings (SSSR count). The molecule has 1 aromatic rings. The van der Waals surface area contributed by atoms with Crippen LogP contribution in [0.3, 0.4) is 0 Å². The van der Waals surface area contributed by atoms with Crippen LogP contribution in [0.1, 0.15) is 18.9 Å². The van der Waals surface area contributed by atoms with Gasteiger partial charge in [-0.15, -0.1) is 0 Å². The Morgan fingerprint density at radius 2 is 2.26 bits per heavy atom. The standard InChI is InChI=1S/C12H14ClNO4S/c1-8(5-12(15)18-2)19-7-9-3-4-10(14(16)17)6-11(9)13/h3-4,6,8H,5,7H2,1-2H3. The van der Waals surface area contributed by atoms with Crippen molar-refractivity contribution in [2.24, 2.45) is 0 Å². The molecule has 0 radical (unpaired) electrons. The van der Waals surface area contributed by atoms with E-state index in [0.29, 0.717) is 17.2 Å². The minimum Gasteiger partial charge on any atom is -0.469 e. The smallest absolute Gasteiger partial charge is 0.306 e. The lowest BCUT2D eigenvalue weighted by molar-refractivity contribution is -0.384. The highest BCUT2D eigenvalue weighted by Crippen LogP contribution is 2.28. The number of ether oxygens (including phenoxy) is 1.